The third kappa shape index (κ3) is 5.48. The normalized spacial score (nSPS) is 12.7. The van der Waals surface area contributed by atoms with Crippen LogP contribution in [0.3, 0.4) is 0 Å². The van der Waals surface area contributed by atoms with E-state index in [9.17, 15) is 22.0 Å². The van der Waals surface area contributed by atoms with Crippen molar-refractivity contribution in [1.82, 2.24) is 25.0 Å². The number of benzene rings is 2. The van der Waals surface area contributed by atoms with Gasteiger partial charge in [-0.15, -0.1) is 16.4 Å². The quantitative estimate of drug-likeness (QED) is 0.251. The average molecular weight is 546 g/mol. The zero-order chi connectivity index (χ0) is 26.9. The lowest BCUT2D eigenvalue weighted by Crippen LogP contribution is -2.29. The van der Waals surface area contributed by atoms with E-state index in [0.29, 0.717) is 23.5 Å². The number of alkyl halides is 3. The van der Waals surface area contributed by atoms with Crippen LogP contribution < -0.4 is 11.1 Å². The van der Waals surface area contributed by atoms with Crippen LogP contribution >= 0.6 is 11.3 Å². The van der Waals surface area contributed by atoms with Crippen molar-refractivity contribution >= 4 is 27.4 Å². The van der Waals surface area contributed by atoms with Crippen molar-refractivity contribution in [2.45, 2.75) is 25.2 Å². The number of rotatable bonds is 8. The summed E-state index contributed by atoms with van der Waals surface area (Å²) in [6.45, 7) is 0.934. The number of nitrogens with two attached hydrogens (primary N) is 1. The number of thiophene rings is 1. The molecule has 3 aromatic heterocycles. The third-order valence-electron chi connectivity index (χ3n) is 5.87. The van der Waals surface area contributed by atoms with Crippen molar-refractivity contribution in [2.75, 3.05) is 11.9 Å². The molecule has 3 heterocycles. The van der Waals surface area contributed by atoms with Crippen molar-refractivity contribution in [3.8, 4) is 10.6 Å². The van der Waals surface area contributed by atoms with Crippen LogP contribution in [-0.2, 0) is 13.0 Å². The number of fused-ring (bicyclic) bond motifs is 1. The minimum atomic E-state index is -4.68. The molecule has 5 rings (SSSR count). The predicted octanol–water partition coefficient (Wildman–Crippen LogP) is 5.49. The molecule has 3 N–H and O–H groups in total. The summed E-state index contributed by atoms with van der Waals surface area (Å²) in [7, 11) is 0. The van der Waals surface area contributed by atoms with Gasteiger partial charge in [-0.3, -0.25) is 4.68 Å². The highest BCUT2D eigenvalue weighted by molar-refractivity contribution is 7.22. The second kappa shape index (κ2) is 10.4. The standard InChI is InChI=1S/C25H20F5N7S/c26-17-4-5-18(23(31)25(28,29)30)16(11-17)10-14-2-1-3-15-12-20(38-22(14)15)21-19(27)13-33-24(35-21)32-6-8-37-9-7-34-36-37/h1-5,7,9,11-13,23H,6,8,10,31H2,(H,32,33,35). The minimum Gasteiger partial charge on any atom is -0.352 e. The molecule has 0 fully saturated rings. The molecule has 0 aliphatic heterocycles. The Morgan fingerprint density at radius 1 is 1.08 bits per heavy atom. The summed E-state index contributed by atoms with van der Waals surface area (Å²) in [5, 5.41) is 11.4. The van der Waals surface area contributed by atoms with E-state index in [1.165, 1.54) is 11.3 Å². The molecule has 13 heteroatoms. The van der Waals surface area contributed by atoms with Crippen LogP contribution in [0, 0.1) is 11.6 Å². The Morgan fingerprint density at radius 3 is 2.68 bits per heavy atom. The summed E-state index contributed by atoms with van der Waals surface area (Å²) in [5.41, 5.74) is 6.12. The van der Waals surface area contributed by atoms with E-state index in [-0.39, 0.29) is 29.2 Å². The van der Waals surface area contributed by atoms with Crippen LogP contribution in [0.1, 0.15) is 22.7 Å². The first-order valence-electron chi connectivity index (χ1n) is 11.4. The molecular weight excluding hydrogens is 525 g/mol. The molecule has 0 saturated carbocycles. The largest absolute Gasteiger partial charge is 0.407 e. The van der Waals surface area contributed by atoms with Crippen molar-refractivity contribution in [3.05, 3.63) is 89.4 Å². The van der Waals surface area contributed by atoms with E-state index in [4.69, 9.17) is 5.73 Å². The number of hydrogen-bond donors (Lipinski definition) is 2. The fraction of sp³-hybridized carbons (Fsp3) is 0.200. The van der Waals surface area contributed by atoms with Gasteiger partial charge in [-0.2, -0.15) is 13.2 Å². The summed E-state index contributed by atoms with van der Waals surface area (Å²) in [4.78, 5) is 8.82. The topological polar surface area (TPSA) is 94.5 Å². The Hall–Kier alpha value is -3.97. The number of halogens is 5. The average Bonchev–Trinajstić information content (AvgIpc) is 3.55. The Kier molecular flexibility index (Phi) is 7.04. The zero-order valence-electron chi connectivity index (χ0n) is 19.6. The van der Waals surface area contributed by atoms with Gasteiger partial charge in [0.25, 0.3) is 0 Å². The van der Waals surface area contributed by atoms with Crippen LogP contribution in [0.25, 0.3) is 20.7 Å². The molecule has 38 heavy (non-hydrogen) atoms. The SMILES string of the molecule is NC(c1ccc(F)cc1Cc1cccc2cc(-c3nc(NCCn4ccnn4)ncc3F)sc12)C(F)(F)F. The first kappa shape index (κ1) is 25.7. The number of hydrogen-bond acceptors (Lipinski definition) is 7. The molecule has 1 atom stereocenters. The Balaban J connectivity index is 1.45. The van der Waals surface area contributed by atoms with Crippen LogP contribution in [0.2, 0.25) is 0 Å². The first-order valence-corrected chi connectivity index (χ1v) is 12.2. The molecule has 5 aromatic rings. The van der Waals surface area contributed by atoms with Gasteiger partial charge in [0.05, 0.1) is 23.8 Å². The van der Waals surface area contributed by atoms with Gasteiger partial charge in [0.2, 0.25) is 5.95 Å². The maximum Gasteiger partial charge on any atom is 0.407 e. The summed E-state index contributed by atoms with van der Waals surface area (Å²) < 4.78 is 71.1. The number of nitrogens with zero attached hydrogens (tertiary/aromatic N) is 5. The molecular formula is C25H20F5N7S. The van der Waals surface area contributed by atoms with Crippen LogP contribution in [-0.4, -0.2) is 37.7 Å². The predicted molar refractivity (Wildman–Crippen MR) is 134 cm³/mol. The van der Waals surface area contributed by atoms with Gasteiger partial charge in [-0.25, -0.2) is 18.7 Å². The van der Waals surface area contributed by atoms with Gasteiger partial charge >= 0.3 is 6.18 Å². The minimum absolute atomic E-state index is 0.00944. The lowest BCUT2D eigenvalue weighted by Gasteiger charge is -2.19. The molecule has 1 unspecified atom stereocenters. The van der Waals surface area contributed by atoms with Gasteiger partial charge < -0.3 is 11.1 Å². The maximum absolute atomic E-state index is 14.7. The summed E-state index contributed by atoms with van der Waals surface area (Å²) in [5.74, 6) is -1.06. The fourth-order valence-corrected chi connectivity index (χ4v) is 5.21. The van der Waals surface area contributed by atoms with E-state index < -0.39 is 23.9 Å². The smallest absolute Gasteiger partial charge is 0.352 e. The van der Waals surface area contributed by atoms with E-state index >= 15 is 0 Å². The number of anilines is 1. The highest BCUT2D eigenvalue weighted by Crippen LogP contribution is 2.38. The summed E-state index contributed by atoms with van der Waals surface area (Å²) >= 11 is 1.24. The number of aromatic nitrogens is 5. The molecule has 0 bridgehead atoms. The highest BCUT2D eigenvalue weighted by atomic mass is 32.1. The van der Waals surface area contributed by atoms with E-state index in [1.807, 2.05) is 6.07 Å². The Morgan fingerprint density at radius 2 is 1.92 bits per heavy atom. The maximum atomic E-state index is 14.7. The van der Waals surface area contributed by atoms with E-state index in [2.05, 4.69) is 25.6 Å². The lowest BCUT2D eigenvalue weighted by molar-refractivity contribution is -0.149. The molecule has 0 amide bonds. The third-order valence-corrected chi connectivity index (χ3v) is 7.11. The van der Waals surface area contributed by atoms with Crippen molar-refractivity contribution in [2.24, 2.45) is 5.73 Å². The Labute approximate surface area is 217 Å². The molecule has 0 saturated heterocycles. The molecule has 0 spiro atoms. The zero-order valence-corrected chi connectivity index (χ0v) is 20.4. The molecule has 196 valence electrons. The second-order valence-electron chi connectivity index (χ2n) is 8.47. The van der Waals surface area contributed by atoms with Gasteiger partial charge in [0.1, 0.15) is 17.6 Å². The monoisotopic (exact) mass is 545 g/mol. The van der Waals surface area contributed by atoms with E-state index in [1.54, 1.807) is 35.3 Å². The number of nitrogens with one attached hydrogen (secondary N) is 1. The molecule has 0 aliphatic rings. The summed E-state index contributed by atoms with van der Waals surface area (Å²) in [6.07, 6.45) is -0.336. The molecule has 7 nitrogen and oxygen atoms in total. The fourth-order valence-electron chi connectivity index (χ4n) is 4.05. The summed E-state index contributed by atoms with van der Waals surface area (Å²) in [6, 6.07) is 7.89. The van der Waals surface area contributed by atoms with Crippen LogP contribution in [0.5, 0.6) is 0 Å². The van der Waals surface area contributed by atoms with E-state index in [0.717, 1.165) is 34.5 Å². The highest BCUT2D eigenvalue weighted by Gasteiger charge is 2.39. The molecule has 0 radical (unpaired) electrons. The lowest BCUT2D eigenvalue weighted by atomic mass is 9.94. The van der Waals surface area contributed by atoms with Gasteiger partial charge in [-0.05, 0) is 46.7 Å². The first-order chi connectivity index (χ1) is 18.2. The van der Waals surface area contributed by atoms with Crippen molar-refractivity contribution in [3.63, 3.8) is 0 Å². The molecule has 2 aromatic carbocycles. The van der Waals surface area contributed by atoms with Crippen molar-refractivity contribution in [1.29, 1.82) is 0 Å². The van der Waals surface area contributed by atoms with Gasteiger partial charge in [-0.1, -0.05) is 29.5 Å². The second-order valence-corrected chi connectivity index (χ2v) is 9.52. The van der Waals surface area contributed by atoms with Gasteiger partial charge in [0.15, 0.2) is 5.82 Å². The Bertz CT molecular complexity index is 1570. The molecule has 0 aliphatic carbocycles. The van der Waals surface area contributed by atoms with Crippen molar-refractivity contribution < 1.29 is 22.0 Å². The van der Waals surface area contributed by atoms with Crippen LogP contribution in [0.4, 0.5) is 27.9 Å². The van der Waals surface area contributed by atoms with Crippen LogP contribution in [0.15, 0.2) is 61.1 Å². The van der Waals surface area contributed by atoms with Gasteiger partial charge in [0, 0.05) is 17.4 Å².